The maximum atomic E-state index is 13.5. The number of amidine groups is 1. The number of amides is 1. The molecule has 2 rings (SSSR count). The first-order valence-electron chi connectivity index (χ1n) is 7.39. The van der Waals surface area contributed by atoms with Crippen molar-refractivity contribution in [3.63, 3.8) is 0 Å². The smallest absolute Gasteiger partial charge is 0.284 e. The number of nitrogens with one attached hydrogen (secondary N) is 1. The van der Waals surface area contributed by atoms with E-state index < -0.39 is 23.1 Å². The molecule has 0 bridgehead atoms. The summed E-state index contributed by atoms with van der Waals surface area (Å²) < 4.78 is 27.0. The topological polar surface area (TPSA) is 87.7 Å². The average Bonchev–Trinajstić information content (AvgIpc) is 2.53. The lowest BCUT2D eigenvalue weighted by atomic mass is 10.1. The number of carbonyl (C=O) groups is 1. The SMILES string of the molecule is Cc1cc(O)ccc1CN/C=C\C(N)=NC(=O)c1c(F)cccc1F. The van der Waals surface area contributed by atoms with E-state index in [0.717, 1.165) is 29.3 Å². The highest BCUT2D eigenvalue weighted by molar-refractivity contribution is 6.06. The lowest BCUT2D eigenvalue weighted by Gasteiger charge is -2.06. The second kappa shape index (κ2) is 8.05. The van der Waals surface area contributed by atoms with Crippen LogP contribution in [0, 0.1) is 18.6 Å². The molecule has 130 valence electrons. The van der Waals surface area contributed by atoms with Crippen molar-refractivity contribution in [3.05, 3.63) is 77.0 Å². The molecule has 7 heteroatoms. The molecule has 0 spiro atoms. The molecular formula is C18H17F2N3O2. The predicted molar refractivity (Wildman–Crippen MR) is 91.1 cm³/mol. The van der Waals surface area contributed by atoms with Crippen LogP contribution in [0.3, 0.4) is 0 Å². The number of hydrogen-bond acceptors (Lipinski definition) is 3. The van der Waals surface area contributed by atoms with E-state index in [9.17, 15) is 18.7 Å². The number of halogens is 2. The van der Waals surface area contributed by atoms with Crippen molar-refractivity contribution >= 4 is 11.7 Å². The number of aliphatic imine (C=N–C) groups is 1. The predicted octanol–water partition coefficient (Wildman–Crippen LogP) is 2.78. The van der Waals surface area contributed by atoms with Gasteiger partial charge in [0.15, 0.2) is 0 Å². The molecule has 1 amide bonds. The van der Waals surface area contributed by atoms with Crippen LogP contribution in [-0.4, -0.2) is 16.8 Å². The summed E-state index contributed by atoms with van der Waals surface area (Å²) in [4.78, 5) is 15.3. The van der Waals surface area contributed by atoms with E-state index >= 15 is 0 Å². The number of phenolic OH excluding ortho intramolecular Hbond substituents is 1. The molecule has 4 N–H and O–H groups in total. The molecule has 0 unspecified atom stereocenters. The molecule has 0 aliphatic heterocycles. The van der Waals surface area contributed by atoms with E-state index in [-0.39, 0.29) is 11.6 Å². The number of rotatable bonds is 5. The summed E-state index contributed by atoms with van der Waals surface area (Å²) in [7, 11) is 0. The molecule has 0 saturated carbocycles. The maximum Gasteiger partial charge on any atom is 0.284 e. The van der Waals surface area contributed by atoms with Crippen LogP contribution in [0.1, 0.15) is 21.5 Å². The second-order valence-corrected chi connectivity index (χ2v) is 5.26. The van der Waals surface area contributed by atoms with Gasteiger partial charge in [-0.1, -0.05) is 12.1 Å². The van der Waals surface area contributed by atoms with Gasteiger partial charge in [-0.2, -0.15) is 4.99 Å². The van der Waals surface area contributed by atoms with Gasteiger partial charge in [-0.05, 0) is 48.4 Å². The fraction of sp³-hybridized carbons (Fsp3) is 0.111. The Kier molecular flexibility index (Phi) is 5.84. The monoisotopic (exact) mass is 345 g/mol. The summed E-state index contributed by atoms with van der Waals surface area (Å²) in [5.41, 5.74) is 6.69. The molecule has 2 aromatic carbocycles. The van der Waals surface area contributed by atoms with Gasteiger partial charge in [0.2, 0.25) is 0 Å². The van der Waals surface area contributed by atoms with E-state index in [1.54, 1.807) is 18.2 Å². The summed E-state index contributed by atoms with van der Waals surface area (Å²) in [6.07, 6.45) is 2.78. The molecule has 0 saturated heterocycles. The van der Waals surface area contributed by atoms with Crippen molar-refractivity contribution in [3.8, 4) is 5.75 Å². The van der Waals surface area contributed by atoms with Crippen molar-refractivity contribution in [2.24, 2.45) is 10.7 Å². The Bertz CT molecular complexity index is 828. The van der Waals surface area contributed by atoms with Gasteiger partial charge in [0.25, 0.3) is 5.91 Å². The Hall–Kier alpha value is -3.22. The first-order valence-corrected chi connectivity index (χ1v) is 7.39. The van der Waals surface area contributed by atoms with Gasteiger partial charge in [0, 0.05) is 12.7 Å². The molecular weight excluding hydrogens is 328 g/mol. The minimum atomic E-state index is -1.09. The van der Waals surface area contributed by atoms with Gasteiger partial charge in [-0.15, -0.1) is 0 Å². The van der Waals surface area contributed by atoms with E-state index in [4.69, 9.17) is 5.73 Å². The van der Waals surface area contributed by atoms with E-state index in [1.807, 2.05) is 6.92 Å². The number of carbonyl (C=O) groups excluding carboxylic acids is 1. The van der Waals surface area contributed by atoms with Gasteiger partial charge in [-0.25, -0.2) is 8.78 Å². The first kappa shape index (κ1) is 18.1. The zero-order chi connectivity index (χ0) is 18.4. The van der Waals surface area contributed by atoms with Gasteiger partial charge < -0.3 is 16.2 Å². The largest absolute Gasteiger partial charge is 0.508 e. The van der Waals surface area contributed by atoms with Crippen LogP contribution in [0.5, 0.6) is 5.75 Å². The average molecular weight is 345 g/mol. The number of aromatic hydroxyl groups is 1. The maximum absolute atomic E-state index is 13.5. The Morgan fingerprint density at radius 2 is 1.96 bits per heavy atom. The Labute approximate surface area is 143 Å². The minimum Gasteiger partial charge on any atom is -0.508 e. The van der Waals surface area contributed by atoms with Crippen molar-refractivity contribution in [2.45, 2.75) is 13.5 Å². The highest BCUT2D eigenvalue weighted by Gasteiger charge is 2.16. The van der Waals surface area contributed by atoms with Crippen LogP contribution < -0.4 is 11.1 Å². The molecule has 0 aromatic heterocycles. The van der Waals surface area contributed by atoms with Gasteiger partial charge in [0.05, 0.1) is 0 Å². The quantitative estimate of drug-likeness (QED) is 0.574. The number of benzene rings is 2. The molecule has 0 aliphatic carbocycles. The molecule has 0 aliphatic rings. The summed E-state index contributed by atoms with van der Waals surface area (Å²) in [5, 5.41) is 12.3. The standard InChI is InChI=1S/C18H17F2N3O2/c1-11-9-13(24)6-5-12(11)10-22-8-7-16(21)23-18(25)17-14(19)3-2-4-15(17)20/h2-9,22,24H,10H2,1H3,(H2,21,23,25)/b8-7-. The molecule has 25 heavy (non-hydrogen) atoms. The second-order valence-electron chi connectivity index (χ2n) is 5.26. The van der Waals surface area contributed by atoms with Crippen LogP contribution in [-0.2, 0) is 6.54 Å². The fourth-order valence-corrected chi connectivity index (χ4v) is 2.10. The van der Waals surface area contributed by atoms with Gasteiger partial charge in [-0.3, -0.25) is 4.79 Å². The number of aryl methyl sites for hydroxylation is 1. The van der Waals surface area contributed by atoms with Gasteiger partial charge in [0.1, 0.15) is 28.8 Å². The summed E-state index contributed by atoms with van der Waals surface area (Å²) in [6, 6.07) is 8.08. The van der Waals surface area contributed by atoms with E-state index in [1.165, 1.54) is 12.3 Å². The van der Waals surface area contributed by atoms with Crippen molar-refractivity contribution < 1.29 is 18.7 Å². The molecule has 2 aromatic rings. The highest BCUT2D eigenvalue weighted by atomic mass is 19.1. The number of phenols is 1. The first-order chi connectivity index (χ1) is 11.9. The summed E-state index contributed by atoms with van der Waals surface area (Å²) in [5.74, 6) is -3.08. The van der Waals surface area contributed by atoms with Crippen LogP contribution in [0.25, 0.3) is 0 Å². The molecule has 0 atom stereocenters. The van der Waals surface area contributed by atoms with Crippen LogP contribution >= 0.6 is 0 Å². The molecule has 0 radical (unpaired) electrons. The number of nitrogens with two attached hydrogens (primary N) is 1. The molecule has 0 heterocycles. The third-order valence-corrected chi connectivity index (χ3v) is 3.40. The zero-order valence-electron chi connectivity index (χ0n) is 13.5. The lowest BCUT2D eigenvalue weighted by molar-refractivity contribution is 0.0995. The van der Waals surface area contributed by atoms with E-state index in [0.29, 0.717) is 6.54 Å². The van der Waals surface area contributed by atoms with Crippen LogP contribution in [0.2, 0.25) is 0 Å². The summed E-state index contributed by atoms with van der Waals surface area (Å²) in [6.45, 7) is 2.32. The lowest BCUT2D eigenvalue weighted by Crippen LogP contribution is -2.15. The number of hydrogen-bond donors (Lipinski definition) is 3. The van der Waals surface area contributed by atoms with Crippen LogP contribution in [0.4, 0.5) is 8.78 Å². The zero-order valence-corrected chi connectivity index (χ0v) is 13.5. The fourth-order valence-electron chi connectivity index (χ4n) is 2.10. The third-order valence-electron chi connectivity index (χ3n) is 3.40. The van der Waals surface area contributed by atoms with Crippen molar-refractivity contribution in [1.82, 2.24) is 5.32 Å². The number of nitrogens with zero attached hydrogens (tertiary/aromatic N) is 1. The van der Waals surface area contributed by atoms with Crippen molar-refractivity contribution in [2.75, 3.05) is 0 Å². The normalized spacial score (nSPS) is 11.7. The third kappa shape index (κ3) is 4.87. The molecule has 0 fully saturated rings. The Balaban J connectivity index is 1.98. The van der Waals surface area contributed by atoms with Crippen molar-refractivity contribution in [1.29, 1.82) is 0 Å². The summed E-state index contributed by atoms with van der Waals surface area (Å²) >= 11 is 0. The van der Waals surface area contributed by atoms with Gasteiger partial charge >= 0.3 is 0 Å². The minimum absolute atomic E-state index is 0.187. The highest BCUT2D eigenvalue weighted by Crippen LogP contribution is 2.15. The Morgan fingerprint density at radius 1 is 1.28 bits per heavy atom. The van der Waals surface area contributed by atoms with E-state index in [2.05, 4.69) is 10.3 Å². The molecule has 5 nitrogen and oxygen atoms in total. The van der Waals surface area contributed by atoms with Crippen LogP contribution in [0.15, 0.2) is 53.7 Å². The Morgan fingerprint density at radius 3 is 2.60 bits per heavy atom.